The van der Waals surface area contributed by atoms with Gasteiger partial charge in [-0.15, -0.1) is 5.10 Å². The van der Waals surface area contributed by atoms with Crippen LogP contribution in [0.1, 0.15) is 18.9 Å². The third-order valence-corrected chi connectivity index (χ3v) is 8.52. The molecule has 7 atom stereocenters. The monoisotopic (exact) mass is 716 g/mol. The lowest BCUT2D eigenvalue weighted by atomic mass is 9.85. The van der Waals surface area contributed by atoms with E-state index in [1.54, 1.807) is 18.2 Å². The molecule has 15 heteroatoms. The van der Waals surface area contributed by atoms with Crippen LogP contribution in [0.25, 0.3) is 11.3 Å². The summed E-state index contributed by atoms with van der Waals surface area (Å²) in [7, 11) is 2.54. The van der Waals surface area contributed by atoms with Gasteiger partial charge in [-0.2, -0.15) is 4.39 Å². The zero-order valence-corrected chi connectivity index (χ0v) is 25.6. The molecule has 5 unspecified atom stereocenters. The summed E-state index contributed by atoms with van der Waals surface area (Å²) >= 11 is 6.88. The number of carbonyl (C=O) groups excluding carboxylic acids is 1. The molecular formula is C27H28Br2F2N4O7. The molecule has 2 aromatic carbocycles. The van der Waals surface area contributed by atoms with Crippen LogP contribution >= 0.6 is 31.9 Å². The van der Waals surface area contributed by atoms with Gasteiger partial charge >= 0.3 is 0 Å². The molecule has 1 aliphatic heterocycles. The minimum Gasteiger partial charge on any atom is -0.494 e. The fraction of sp³-hybridized carbons (Fsp3) is 0.444. The fourth-order valence-corrected chi connectivity index (χ4v) is 6.61. The predicted octanol–water partition coefficient (Wildman–Crippen LogP) is 2.99. The Labute approximate surface area is 256 Å². The van der Waals surface area contributed by atoms with E-state index >= 15 is 0 Å². The molecular weight excluding hydrogens is 690 g/mol. The number of hydrogen-bond acceptors (Lipinski definition) is 9. The second-order valence-electron chi connectivity index (χ2n) is 10.1. The summed E-state index contributed by atoms with van der Waals surface area (Å²) in [5, 5.41) is 40.0. The maximum absolute atomic E-state index is 14.3. The molecule has 1 aliphatic carbocycles. The lowest BCUT2D eigenvalue weighted by Gasteiger charge is -2.47. The van der Waals surface area contributed by atoms with Crippen molar-refractivity contribution in [2.24, 2.45) is 0 Å². The van der Waals surface area contributed by atoms with Crippen LogP contribution in [0.3, 0.4) is 0 Å². The minimum atomic E-state index is -1.40. The molecule has 42 heavy (non-hydrogen) atoms. The molecule has 2 heterocycles. The highest BCUT2D eigenvalue weighted by Crippen LogP contribution is 2.38. The molecule has 2 fully saturated rings. The summed E-state index contributed by atoms with van der Waals surface area (Å²) < 4.78 is 47.4. The molecule has 226 valence electrons. The quantitative estimate of drug-likeness (QED) is 0.321. The number of ether oxygens (including phenoxy) is 3. The van der Waals surface area contributed by atoms with E-state index in [1.807, 2.05) is 0 Å². The van der Waals surface area contributed by atoms with Gasteiger partial charge in [0.25, 0.3) is 5.91 Å². The largest absolute Gasteiger partial charge is 0.494 e. The molecule has 3 aromatic rings. The average molecular weight is 718 g/mol. The van der Waals surface area contributed by atoms with Crippen molar-refractivity contribution < 1.29 is 43.1 Å². The van der Waals surface area contributed by atoms with Gasteiger partial charge < -0.3 is 34.4 Å². The van der Waals surface area contributed by atoms with Crippen LogP contribution in [0.15, 0.2) is 45.5 Å². The second-order valence-corrected chi connectivity index (χ2v) is 11.9. The van der Waals surface area contributed by atoms with E-state index < -0.39 is 66.8 Å². The molecule has 1 amide bonds. The van der Waals surface area contributed by atoms with Crippen LogP contribution < -0.4 is 9.64 Å². The summed E-state index contributed by atoms with van der Waals surface area (Å²) in [6.45, 7) is -0.631. The van der Waals surface area contributed by atoms with Crippen molar-refractivity contribution in [2.45, 2.75) is 55.4 Å². The Morgan fingerprint density at radius 1 is 1.14 bits per heavy atom. The SMILES string of the molecule is COc1cc(-c2cn(C3C(O)C(CO)OC(C(=O)N(c4cc(Br)cc(Br)c4)[C@H]4CC[C@@H]4O)C3OC)nn2)cc(F)c1F. The molecule has 11 nitrogen and oxygen atoms in total. The van der Waals surface area contributed by atoms with Crippen molar-refractivity contribution in [1.29, 1.82) is 0 Å². The number of benzene rings is 2. The lowest BCUT2D eigenvalue weighted by Crippen LogP contribution is -2.64. The Morgan fingerprint density at radius 2 is 1.86 bits per heavy atom. The predicted molar refractivity (Wildman–Crippen MR) is 152 cm³/mol. The van der Waals surface area contributed by atoms with Crippen LogP contribution in [0.4, 0.5) is 14.5 Å². The Hall–Kier alpha value is -2.53. The summed E-state index contributed by atoms with van der Waals surface area (Å²) in [4.78, 5) is 15.7. The lowest BCUT2D eigenvalue weighted by molar-refractivity contribution is -0.211. The topological polar surface area (TPSA) is 139 Å². The second kappa shape index (κ2) is 12.6. The zero-order valence-electron chi connectivity index (χ0n) is 22.4. The third-order valence-electron chi connectivity index (χ3n) is 7.61. The van der Waals surface area contributed by atoms with Gasteiger partial charge in [-0.05, 0) is 43.2 Å². The van der Waals surface area contributed by atoms with E-state index in [0.717, 1.165) is 6.07 Å². The fourth-order valence-electron chi connectivity index (χ4n) is 5.34. The number of nitrogens with zero attached hydrogens (tertiary/aromatic N) is 4. The van der Waals surface area contributed by atoms with E-state index in [0.29, 0.717) is 27.5 Å². The number of amides is 1. The normalized spacial score (nSPS) is 27.4. The summed E-state index contributed by atoms with van der Waals surface area (Å²) in [6, 6.07) is 5.81. The smallest absolute Gasteiger partial charge is 0.259 e. The van der Waals surface area contributed by atoms with Crippen molar-refractivity contribution >= 4 is 43.5 Å². The van der Waals surface area contributed by atoms with Gasteiger partial charge in [-0.1, -0.05) is 37.1 Å². The van der Waals surface area contributed by atoms with Crippen molar-refractivity contribution in [3.63, 3.8) is 0 Å². The van der Waals surface area contributed by atoms with E-state index in [4.69, 9.17) is 14.2 Å². The number of halogens is 4. The molecule has 1 saturated heterocycles. The molecule has 5 rings (SSSR count). The molecule has 0 bridgehead atoms. The number of carbonyl (C=O) groups is 1. The van der Waals surface area contributed by atoms with Gasteiger partial charge in [-0.25, -0.2) is 9.07 Å². The summed E-state index contributed by atoms with van der Waals surface area (Å²) in [5.41, 5.74) is 0.772. The van der Waals surface area contributed by atoms with Crippen LogP contribution in [-0.4, -0.2) is 93.6 Å². The molecule has 1 saturated carbocycles. The van der Waals surface area contributed by atoms with Gasteiger partial charge in [0.05, 0.1) is 32.1 Å². The highest BCUT2D eigenvalue weighted by atomic mass is 79.9. The van der Waals surface area contributed by atoms with Gasteiger partial charge in [0.1, 0.15) is 30.0 Å². The van der Waals surface area contributed by atoms with Gasteiger partial charge in [0.2, 0.25) is 5.82 Å². The zero-order chi connectivity index (χ0) is 30.3. The third kappa shape index (κ3) is 5.70. The van der Waals surface area contributed by atoms with Crippen LogP contribution in [0.2, 0.25) is 0 Å². The molecule has 2 aliphatic rings. The number of aliphatic hydroxyl groups excluding tert-OH is 3. The first-order valence-corrected chi connectivity index (χ1v) is 14.6. The van der Waals surface area contributed by atoms with Crippen molar-refractivity contribution in [2.75, 3.05) is 25.7 Å². The van der Waals surface area contributed by atoms with E-state index in [2.05, 4.69) is 42.2 Å². The molecule has 1 aromatic heterocycles. The van der Waals surface area contributed by atoms with Crippen LogP contribution in [0, 0.1) is 11.6 Å². The number of aromatic nitrogens is 3. The number of aliphatic hydroxyl groups is 3. The number of anilines is 1. The Bertz CT molecular complexity index is 1440. The molecule has 3 N–H and O–H groups in total. The number of hydrogen-bond donors (Lipinski definition) is 3. The van der Waals surface area contributed by atoms with Crippen molar-refractivity contribution in [3.8, 4) is 17.0 Å². The first-order chi connectivity index (χ1) is 20.1. The van der Waals surface area contributed by atoms with Crippen molar-refractivity contribution in [3.05, 3.63) is 57.1 Å². The first kappa shape index (κ1) is 30.9. The van der Waals surface area contributed by atoms with E-state index in [1.165, 1.54) is 36.1 Å². The first-order valence-electron chi connectivity index (χ1n) is 13.0. The van der Waals surface area contributed by atoms with Gasteiger partial charge in [0, 0.05) is 27.3 Å². The average Bonchev–Trinajstić information content (AvgIpc) is 3.44. The van der Waals surface area contributed by atoms with E-state index in [-0.39, 0.29) is 17.0 Å². The molecule has 0 radical (unpaired) electrons. The summed E-state index contributed by atoms with van der Waals surface area (Å²) in [5.74, 6) is -3.19. The standard InChI is InChI=1S/C27H28Br2F2N4O7/c1-40-20-6-12(5-16(30)22(20)31)17-10-34(33-32-17)23-24(38)21(11-36)42-26(25(23)41-2)27(39)35(18-3-4-19(18)37)15-8-13(28)7-14(29)9-15/h5-10,18-19,21,23-26,36-38H,3-4,11H2,1-2H3/t18-,19-,21?,23?,24?,25?,26?/m0/s1. The van der Waals surface area contributed by atoms with Crippen LogP contribution in [-0.2, 0) is 14.3 Å². The van der Waals surface area contributed by atoms with Crippen LogP contribution in [0.5, 0.6) is 5.75 Å². The van der Waals surface area contributed by atoms with E-state index in [9.17, 15) is 28.9 Å². The Morgan fingerprint density at radius 3 is 2.43 bits per heavy atom. The van der Waals surface area contributed by atoms with Crippen molar-refractivity contribution in [1.82, 2.24) is 15.0 Å². The van der Waals surface area contributed by atoms with Gasteiger partial charge in [0.15, 0.2) is 17.7 Å². The molecule has 0 spiro atoms. The Kier molecular flexibility index (Phi) is 9.27. The highest BCUT2D eigenvalue weighted by Gasteiger charge is 2.52. The number of methoxy groups -OCH3 is 2. The maximum atomic E-state index is 14.3. The maximum Gasteiger partial charge on any atom is 0.259 e. The Balaban J connectivity index is 1.53. The highest BCUT2D eigenvalue weighted by molar-refractivity contribution is 9.11. The summed E-state index contributed by atoms with van der Waals surface area (Å²) in [6.07, 6.45) is -3.43. The minimum absolute atomic E-state index is 0.127. The number of rotatable bonds is 8. The van der Waals surface area contributed by atoms with Gasteiger partial charge in [-0.3, -0.25) is 4.79 Å².